The van der Waals surface area contributed by atoms with E-state index >= 15 is 0 Å². The number of aliphatic hydroxyl groups is 1. The lowest BCUT2D eigenvalue weighted by Crippen LogP contribution is -2.44. The van der Waals surface area contributed by atoms with Gasteiger partial charge in [0.15, 0.2) is 0 Å². The van der Waals surface area contributed by atoms with Gasteiger partial charge in [0.1, 0.15) is 0 Å². The van der Waals surface area contributed by atoms with E-state index in [1.54, 1.807) is 12.2 Å². The van der Waals surface area contributed by atoms with Crippen LogP contribution in [0.2, 0.25) is 0 Å². The van der Waals surface area contributed by atoms with E-state index in [9.17, 15) is 13.9 Å². The van der Waals surface area contributed by atoms with Crippen molar-refractivity contribution in [3.8, 4) is 0 Å². The predicted octanol–water partition coefficient (Wildman–Crippen LogP) is 9.61. The molecule has 0 saturated carbocycles. The van der Waals surface area contributed by atoms with Crippen LogP contribution in [0.1, 0.15) is 70.9 Å². The molecule has 1 atom stereocenters. The van der Waals surface area contributed by atoms with Crippen LogP contribution in [-0.4, -0.2) is 29.8 Å². The molecule has 1 aromatic rings. The summed E-state index contributed by atoms with van der Waals surface area (Å²) < 4.78 is 27.2. The summed E-state index contributed by atoms with van der Waals surface area (Å²) in [5.74, 6) is -2.75. The minimum Gasteiger partial charge on any atom is -0.381 e. The van der Waals surface area contributed by atoms with Gasteiger partial charge in [0.25, 0.3) is 5.92 Å². The van der Waals surface area contributed by atoms with Crippen LogP contribution in [-0.2, 0) is 6.54 Å². The molecule has 3 nitrogen and oxygen atoms in total. The van der Waals surface area contributed by atoms with E-state index in [1.807, 2.05) is 44.2 Å². The van der Waals surface area contributed by atoms with Gasteiger partial charge >= 0.3 is 0 Å². The van der Waals surface area contributed by atoms with Gasteiger partial charge < -0.3 is 10.4 Å². The maximum Gasteiger partial charge on any atom is 0.266 e. The standard InChI is InChI=1S/C28H36F2N2O.C6H10.C2H4.HI/c1-4-21-15-16-27(2,32-20-33)18-23(21)9-7-17-31-19-24-8-5-6-10-26(24)22-11-13-25(14-12-22)28(3,29)30;1-4-5-6(2)3;1-2;/h4-11,13,31-33H,1,12,14-20H2,2-3H3;4-5H,1H2,2-3H3;1-2H2;1H/b9-7-;;;. The largest absolute Gasteiger partial charge is 0.381 e. The molecule has 1 aromatic carbocycles. The summed E-state index contributed by atoms with van der Waals surface area (Å²) in [6.07, 6.45) is 17.2. The first kappa shape index (κ1) is 39.6. The lowest BCUT2D eigenvalue weighted by molar-refractivity contribution is 0.0596. The molecule has 0 aliphatic heterocycles. The minimum absolute atomic E-state index is 0. The Morgan fingerprint density at radius 1 is 1.07 bits per heavy atom. The number of nitrogens with one attached hydrogen (secondary N) is 2. The number of hydrogen-bond donors (Lipinski definition) is 3. The highest BCUT2D eigenvalue weighted by Crippen LogP contribution is 2.36. The van der Waals surface area contributed by atoms with Gasteiger partial charge in [-0.15, -0.1) is 37.1 Å². The van der Waals surface area contributed by atoms with Crippen LogP contribution in [0.5, 0.6) is 0 Å². The second-order valence-electron chi connectivity index (χ2n) is 10.8. The summed E-state index contributed by atoms with van der Waals surface area (Å²) in [7, 11) is 0. The van der Waals surface area contributed by atoms with Crippen LogP contribution in [0.3, 0.4) is 0 Å². The molecule has 2 aliphatic carbocycles. The van der Waals surface area contributed by atoms with Crippen molar-refractivity contribution in [3.63, 3.8) is 0 Å². The molecule has 0 fully saturated rings. The van der Waals surface area contributed by atoms with Crippen molar-refractivity contribution < 1.29 is 13.9 Å². The Bertz CT molecular complexity index is 1150. The molecule has 0 aromatic heterocycles. The van der Waals surface area contributed by atoms with E-state index < -0.39 is 5.92 Å². The van der Waals surface area contributed by atoms with E-state index in [4.69, 9.17) is 0 Å². The molecule has 1 unspecified atom stereocenters. The molecule has 0 spiro atoms. The van der Waals surface area contributed by atoms with E-state index in [1.165, 1.54) is 22.3 Å². The molecule has 0 saturated heterocycles. The van der Waals surface area contributed by atoms with Gasteiger partial charge in [-0.3, -0.25) is 5.32 Å². The fraction of sp³-hybridized carbons (Fsp3) is 0.389. The summed E-state index contributed by atoms with van der Waals surface area (Å²) in [4.78, 5) is 0. The molecule has 42 heavy (non-hydrogen) atoms. The molecular weight excluding hydrogens is 641 g/mol. The number of aliphatic hydroxyl groups excluding tert-OH is 1. The summed E-state index contributed by atoms with van der Waals surface area (Å²) in [6, 6.07) is 8.17. The lowest BCUT2D eigenvalue weighted by atomic mass is 9.79. The predicted molar refractivity (Wildman–Crippen MR) is 189 cm³/mol. The fourth-order valence-electron chi connectivity index (χ4n) is 4.88. The fourth-order valence-corrected chi connectivity index (χ4v) is 4.88. The normalized spacial score (nSPS) is 18.3. The highest BCUT2D eigenvalue weighted by molar-refractivity contribution is 14.0. The number of allylic oxidation sites excluding steroid dienone is 10. The van der Waals surface area contributed by atoms with Crippen molar-refractivity contribution in [2.45, 2.75) is 77.8 Å². The SMILES string of the molecule is C=C.C=CC1=C(/C=C\CNCc2ccccc2C2=CC=C(C(C)(F)F)CC2)CC(C)(NCO)CC1.C=CC=C(C)C.I. The molecule has 232 valence electrons. The quantitative estimate of drug-likeness (QED) is 0.0712. The van der Waals surface area contributed by atoms with E-state index in [0.29, 0.717) is 19.4 Å². The zero-order valence-corrected chi connectivity index (χ0v) is 28.3. The third-order valence-electron chi connectivity index (χ3n) is 7.12. The molecular formula is C36H51F2IN2O. The summed E-state index contributed by atoms with van der Waals surface area (Å²) in [6.45, 7) is 22.1. The zero-order chi connectivity index (χ0) is 30.9. The van der Waals surface area contributed by atoms with Crippen LogP contribution in [0.4, 0.5) is 8.78 Å². The van der Waals surface area contributed by atoms with Gasteiger partial charge in [-0.1, -0.05) is 85.5 Å². The topological polar surface area (TPSA) is 44.3 Å². The number of alkyl halides is 2. The third kappa shape index (κ3) is 13.7. The summed E-state index contributed by atoms with van der Waals surface area (Å²) in [5, 5.41) is 16.0. The Balaban J connectivity index is 0.00000166. The highest BCUT2D eigenvalue weighted by atomic mass is 127. The number of rotatable bonds is 11. The smallest absolute Gasteiger partial charge is 0.266 e. The zero-order valence-electron chi connectivity index (χ0n) is 25.9. The van der Waals surface area contributed by atoms with E-state index in [2.05, 4.69) is 68.2 Å². The Morgan fingerprint density at radius 2 is 1.76 bits per heavy atom. The lowest BCUT2D eigenvalue weighted by Gasteiger charge is -2.35. The highest BCUT2D eigenvalue weighted by Gasteiger charge is 2.29. The first-order valence-electron chi connectivity index (χ1n) is 14.2. The minimum atomic E-state index is -2.75. The van der Waals surface area contributed by atoms with Gasteiger partial charge in [0, 0.05) is 25.6 Å². The molecule has 2 aliphatic rings. The van der Waals surface area contributed by atoms with Crippen molar-refractivity contribution in [1.82, 2.24) is 10.6 Å². The molecule has 3 N–H and O–H groups in total. The molecule has 0 bridgehead atoms. The average molecular weight is 693 g/mol. The Kier molecular flexibility index (Phi) is 19.3. The van der Waals surface area contributed by atoms with Crippen LogP contribution >= 0.6 is 24.0 Å². The molecule has 0 amide bonds. The van der Waals surface area contributed by atoms with Crippen molar-refractivity contribution in [3.05, 3.63) is 127 Å². The van der Waals surface area contributed by atoms with Crippen molar-refractivity contribution in [1.29, 1.82) is 0 Å². The Labute approximate surface area is 270 Å². The van der Waals surface area contributed by atoms with Crippen LogP contribution < -0.4 is 10.6 Å². The second-order valence-corrected chi connectivity index (χ2v) is 10.8. The van der Waals surface area contributed by atoms with Crippen molar-refractivity contribution in [2.75, 3.05) is 13.3 Å². The molecule has 6 heteroatoms. The maximum absolute atomic E-state index is 13.6. The van der Waals surface area contributed by atoms with E-state index in [-0.39, 0.29) is 41.8 Å². The third-order valence-corrected chi connectivity index (χ3v) is 7.12. The van der Waals surface area contributed by atoms with Crippen molar-refractivity contribution >= 4 is 29.5 Å². The second kappa shape index (κ2) is 20.5. The van der Waals surface area contributed by atoms with Gasteiger partial charge in [0.2, 0.25) is 0 Å². The monoisotopic (exact) mass is 692 g/mol. The molecule has 0 radical (unpaired) electrons. The molecule has 0 heterocycles. The van der Waals surface area contributed by atoms with Gasteiger partial charge in [-0.2, -0.15) is 0 Å². The van der Waals surface area contributed by atoms with E-state index in [0.717, 1.165) is 43.9 Å². The van der Waals surface area contributed by atoms with Gasteiger partial charge in [0.05, 0.1) is 6.73 Å². The van der Waals surface area contributed by atoms with Gasteiger partial charge in [-0.05, 0) is 86.3 Å². The first-order chi connectivity index (χ1) is 19.5. The number of halogens is 3. The number of benzene rings is 1. The first-order valence-corrected chi connectivity index (χ1v) is 14.2. The summed E-state index contributed by atoms with van der Waals surface area (Å²) >= 11 is 0. The van der Waals surface area contributed by atoms with Crippen molar-refractivity contribution in [2.24, 2.45) is 0 Å². The molecule has 3 rings (SSSR count). The van der Waals surface area contributed by atoms with Crippen LogP contribution in [0.25, 0.3) is 5.57 Å². The average Bonchev–Trinajstić information content (AvgIpc) is 2.94. The Hall–Kier alpha value is -2.39. The van der Waals surface area contributed by atoms with Crippen LogP contribution in [0.15, 0.2) is 115 Å². The Morgan fingerprint density at radius 3 is 2.29 bits per heavy atom. The van der Waals surface area contributed by atoms with Gasteiger partial charge in [-0.25, -0.2) is 8.78 Å². The maximum atomic E-state index is 13.6. The van der Waals surface area contributed by atoms with Crippen LogP contribution in [0, 0.1) is 0 Å². The number of hydrogen-bond acceptors (Lipinski definition) is 3. The summed E-state index contributed by atoms with van der Waals surface area (Å²) in [5.41, 5.74) is 7.32.